The van der Waals surface area contributed by atoms with Crippen LogP contribution in [0.15, 0.2) is 0 Å². The number of ketones is 1. The van der Waals surface area contributed by atoms with Crippen molar-refractivity contribution in [3.8, 4) is 0 Å². The van der Waals surface area contributed by atoms with Crippen molar-refractivity contribution < 1.29 is 30.7 Å². The van der Waals surface area contributed by atoms with Crippen molar-refractivity contribution in [2.75, 3.05) is 0 Å². The summed E-state index contributed by atoms with van der Waals surface area (Å²) in [4.78, 5) is 10.3. The molecule has 0 aliphatic heterocycles. The molecule has 0 saturated heterocycles. The van der Waals surface area contributed by atoms with Gasteiger partial charge in [-0.2, -0.15) is 0 Å². The lowest BCUT2D eigenvalue weighted by Gasteiger charge is -2.20. The van der Waals surface area contributed by atoms with E-state index >= 15 is 0 Å². The highest BCUT2D eigenvalue weighted by atomic mass is 32.3. The van der Waals surface area contributed by atoms with E-state index in [2.05, 4.69) is 0 Å². The largest absolute Gasteiger partial charge is 0.747 e. The van der Waals surface area contributed by atoms with E-state index < -0.39 is 30.6 Å². The summed E-state index contributed by atoms with van der Waals surface area (Å²) in [5.41, 5.74) is 0. The number of rotatable bonds is 3. The third-order valence-electron chi connectivity index (χ3n) is 0.856. The fourth-order valence-electron chi connectivity index (χ4n) is 0.551. The van der Waals surface area contributed by atoms with Crippen molar-refractivity contribution in [1.29, 1.82) is 0 Å². The summed E-state index contributed by atoms with van der Waals surface area (Å²) in [6.45, 7) is 0.537. The third-order valence-corrected chi connectivity index (χ3v) is 3.98. The van der Waals surface area contributed by atoms with Crippen LogP contribution < -0.4 is 12.3 Å². The zero-order valence-corrected chi connectivity index (χ0v) is 9.38. The molecule has 9 nitrogen and oxygen atoms in total. The Kier molecular flexibility index (Phi) is 7.26. The molecule has 0 bridgehead atoms. The fraction of sp³-hybridized carbons (Fsp3) is 0.667. The van der Waals surface area contributed by atoms with Crippen molar-refractivity contribution in [2.45, 2.75) is 11.5 Å². The van der Waals surface area contributed by atoms with E-state index in [1.165, 1.54) is 0 Å². The fourth-order valence-corrected chi connectivity index (χ4v) is 2.52. The summed E-state index contributed by atoms with van der Waals surface area (Å²) < 4.78 is 57.4. The van der Waals surface area contributed by atoms with Gasteiger partial charge in [0.25, 0.3) is 0 Å². The van der Waals surface area contributed by atoms with Crippen LogP contribution in [0.3, 0.4) is 0 Å². The van der Waals surface area contributed by atoms with Crippen LogP contribution in [0.25, 0.3) is 0 Å². The zero-order valence-electron chi connectivity index (χ0n) is 7.75. The van der Waals surface area contributed by atoms with Crippen molar-refractivity contribution >= 4 is 26.0 Å². The molecule has 0 atom stereocenters. The Bertz CT molecular complexity index is 349. The second kappa shape index (κ2) is 5.33. The molecule has 0 aromatic carbocycles. The Morgan fingerprint density at radius 3 is 1.21 bits per heavy atom. The minimum atomic E-state index is -5.42. The first kappa shape index (κ1) is 19.1. The predicted molar refractivity (Wildman–Crippen MR) is 45.8 cm³/mol. The smallest absolute Gasteiger partial charge is 0.196 e. The molecular formula is C3H12N2O7S2. The van der Waals surface area contributed by atoms with Crippen LogP contribution in [-0.4, -0.2) is 36.3 Å². The van der Waals surface area contributed by atoms with Crippen LogP contribution in [-0.2, 0) is 25.0 Å². The van der Waals surface area contributed by atoms with Gasteiger partial charge in [-0.25, -0.2) is 16.8 Å². The van der Waals surface area contributed by atoms with E-state index in [0.717, 1.165) is 0 Å². The van der Waals surface area contributed by atoms with Crippen molar-refractivity contribution in [3.63, 3.8) is 0 Å². The third kappa shape index (κ3) is 5.21. The first-order valence-corrected chi connectivity index (χ1v) is 5.41. The van der Waals surface area contributed by atoms with E-state index in [1.54, 1.807) is 0 Å². The lowest BCUT2D eigenvalue weighted by molar-refractivity contribution is -0.115. The molecular weight excluding hydrogens is 240 g/mol. The minimum Gasteiger partial charge on any atom is -0.747 e. The van der Waals surface area contributed by atoms with Crippen LogP contribution in [0.5, 0.6) is 0 Å². The monoisotopic (exact) mass is 252 g/mol. The molecule has 0 aliphatic rings. The molecule has 11 heteroatoms. The van der Waals surface area contributed by atoms with Gasteiger partial charge in [0.05, 0.1) is 0 Å². The quantitative estimate of drug-likeness (QED) is 0.582. The highest BCUT2D eigenvalue weighted by molar-refractivity contribution is 8.05. The van der Waals surface area contributed by atoms with Crippen LogP contribution in [0.1, 0.15) is 6.92 Å². The van der Waals surface area contributed by atoms with Crippen molar-refractivity contribution in [2.24, 2.45) is 0 Å². The van der Waals surface area contributed by atoms with Crippen LogP contribution in [0, 0.1) is 0 Å². The van der Waals surface area contributed by atoms with Crippen LogP contribution in [0.4, 0.5) is 0 Å². The Morgan fingerprint density at radius 1 is 1.00 bits per heavy atom. The first-order valence-electron chi connectivity index (χ1n) is 2.46. The normalized spacial score (nSPS) is 11.4. The van der Waals surface area contributed by atoms with Gasteiger partial charge < -0.3 is 21.4 Å². The SMILES string of the molecule is CC(=O)C(S(=O)(=O)[O-])S(=O)(=O)[O-].[NH4+].[NH4+]. The molecule has 0 aromatic rings. The zero-order chi connectivity index (χ0) is 10.2. The Hall–Kier alpha value is -0.590. The lowest BCUT2D eigenvalue weighted by atomic mass is 10.5. The molecule has 14 heavy (non-hydrogen) atoms. The van der Waals surface area contributed by atoms with Gasteiger partial charge in [-0.05, 0) is 6.92 Å². The standard InChI is InChI=1S/C3H6O7S2.2H3N/c1-2(4)3(11(5,6)7)12(8,9)10;;/h3H,1H3,(H,5,6,7)(H,8,9,10);2*1H3. The maximum atomic E-state index is 10.3. The minimum absolute atomic E-state index is 0. The predicted octanol–water partition coefficient (Wildman–Crippen LogP) is -1.26. The van der Waals surface area contributed by atoms with E-state index in [9.17, 15) is 30.7 Å². The molecule has 88 valence electrons. The van der Waals surface area contributed by atoms with E-state index in [4.69, 9.17) is 0 Å². The topological polar surface area (TPSA) is 204 Å². The second-order valence-electron chi connectivity index (χ2n) is 1.93. The Labute approximate surface area is 81.2 Å². The number of hydrogen-bond acceptors (Lipinski definition) is 7. The van der Waals surface area contributed by atoms with Gasteiger partial charge in [-0.15, -0.1) is 0 Å². The lowest BCUT2D eigenvalue weighted by Crippen LogP contribution is -2.36. The number of carbonyl (C=O) groups excluding carboxylic acids is 1. The van der Waals surface area contributed by atoms with Gasteiger partial charge in [0, 0.05) is 0 Å². The Morgan fingerprint density at radius 2 is 1.21 bits per heavy atom. The van der Waals surface area contributed by atoms with Crippen LogP contribution in [0.2, 0.25) is 0 Å². The average molecular weight is 252 g/mol. The van der Waals surface area contributed by atoms with Crippen LogP contribution >= 0.6 is 0 Å². The van der Waals surface area contributed by atoms with E-state index in [0.29, 0.717) is 6.92 Å². The molecule has 0 unspecified atom stereocenters. The average Bonchev–Trinajstić information content (AvgIpc) is 1.49. The number of quaternary nitrogens is 2. The molecule has 0 saturated carbocycles. The van der Waals surface area contributed by atoms with Gasteiger partial charge in [0.15, 0.2) is 10.4 Å². The summed E-state index contributed by atoms with van der Waals surface area (Å²) in [7, 11) is -10.8. The summed E-state index contributed by atoms with van der Waals surface area (Å²) in [6.07, 6.45) is 0. The van der Waals surface area contributed by atoms with E-state index in [-0.39, 0.29) is 12.3 Å². The number of carbonyl (C=O) groups is 1. The van der Waals surface area contributed by atoms with Crippen molar-refractivity contribution in [3.05, 3.63) is 0 Å². The Balaban J connectivity index is -0.000000605. The molecule has 0 aliphatic carbocycles. The van der Waals surface area contributed by atoms with Gasteiger partial charge in [-0.1, -0.05) is 0 Å². The summed E-state index contributed by atoms with van der Waals surface area (Å²) in [5.74, 6) is -1.50. The number of hydrogen-bond donors (Lipinski definition) is 2. The maximum Gasteiger partial charge on any atom is 0.196 e. The molecule has 0 rings (SSSR count). The molecule has 0 radical (unpaired) electrons. The van der Waals surface area contributed by atoms with Crippen molar-refractivity contribution in [1.82, 2.24) is 12.3 Å². The summed E-state index contributed by atoms with van der Waals surface area (Å²) >= 11 is 0. The summed E-state index contributed by atoms with van der Waals surface area (Å²) in [6, 6.07) is 0. The summed E-state index contributed by atoms with van der Waals surface area (Å²) in [5, 5.41) is 0. The highest BCUT2D eigenvalue weighted by Gasteiger charge is 2.28. The first-order chi connectivity index (χ1) is 5.07. The van der Waals surface area contributed by atoms with Gasteiger partial charge in [0.1, 0.15) is 20.2 Å². The van der Waals surface area contributed by atoms with Gasteiger partial charge in [0.2, 0.25) is 0 Å². The molecule has 0 fully saturated rings. The second-order valence-corrected chi connectivity index (χ2v) is 5.14. The van der Waals surface area contributed by atoms with Gasteiger partial charge in [-0.3, -0.25) is 4.79 Å². The van der Waals surface area contributed by atoms with Gasteiger partial charge >= 0.3 is 0 Å². The molecule has 0 amide bonds. The molecule has 0 aromatic heterocycles. The number of Topliss-reactive ketones (excluding diaryl/α,β-unsaturated/α-hetero) is 1. The molecule has 8 N–H and O–H groups in total. The molecule has 0 spiro atoms. The highest BCUT2D eigenvalue weighted by Crippen LogP contribution is 2.06. The van der Waals surface area contributed by atoms with E-state index in [1.807, 2.05) is 0 Å². The molecule has 0 heterocycles. The maximum absolute atomic E-state index is 10.3.